The van der Waals surface area contributed by atoms with Gasteiger partial charge in [-0.2, -0.15) is 0 Å². The first kappa shape index (κ1) is 23.9. The Balaban J connectivity index is 1.61. The van der Waals surface area contributed by atoms with Gasteiger partial charge in [0.2, 0.25) is 0 Å². The zero-order chi connectivity index (χ0) is 23.9. The normalized spacial score (nSPS) is 20.6. The molecule has 0 unspecified atom stereocenters. The first-order valence-corrected chi connectivity index (χ1v) is 11.8. The fourth-order valence-electron chi connectivity index (χ4n) is 4.37. The Labute approximate surface area is 199 Å². The van der Waals surface area contributed by atoms with E-state index in [4.69, 9.17) is 9.47 Å². The summed E-state index contributed by atoms with van der Waals surface area (Å²) in [6.45, 7) is 6.99. The summed E-state index contributed by atoms with van der Waals surface area (Å²) >= 11 is 0. The molecule has 8 heteroatoms. The third-order valence-corrected chi connectivity index (χ3v) is 6.12. The van der Waals surface area contributed by atoms with Gasteiger partial charge in [0.1, 0.15) is 11.5 Å². The number of aliphatic hydroxyl groups excluding tert-OH is 1. The summed E-state index contributed by atoms with van der Waals surface area (Å²) in [6.07, 6.45) is 4.89. The van der Waals surface area contributed by atoms with Gasteiger partial charge in [-0.1, -0.05) is 13.0 Å². The molecule has 8 nitrogen and oxygen atoms in total. The van der Waals surface area contributed by atoms with Crippen LogP contribution in [0.5, 0.6) is 5.75 Å². The van der Waals surface area contributed by atoms with Gasteiger partial charge in [-0.25, -0.2) is 0 Å². The Kier molecular flexibility index (Phi) is 7.92. The number of pyridine rings is 1. The maximum absolute atomic E-state index is 13.1. The van der Waals surface area contributed by atoms with Gasteiger partial charge in [0.15, 0.2) is 0 Å². The lowest BCUT2D eigenvalue weighted by Gasteiger charge is -2.29. The molecule has 2 aliphatic heterocycles. The van der Waals surface area contributed by atoms with E-state index in [0.29, 0.717) is 49.7 Å². The van der Waals surface area contributed by atoms with Gasteiger partial charge < -0.3 is 19.5 Å². The number of carbonyl (C=O) groups excluding carboxylic acids is 2. The topological polar surface area (TPSA) is 92.2 Å². The molecule has 2 saturated heterocycles. The van der Waals surface area contributed by atoms with E-state index in [9.17, 15) is 14.7 Å². The lowest BCUT2D eigenvalue weighted by molar-refractivity contribution is -0.140. The minimum atomic E-state index is -0.686. The van der Waals surface area contributed by atoms with Crippen molar-refractivity contribution in [3.05, 3.63) is 65.5 Å². The van der Waals surface area contributed by atoms with Crippen molar-refractivity contribution in [2.75, 3.05) is 46.0 Å². The number of benzene rings is 1. The van der Waals surface area contributed by atoms with Crippen molar-refractivity contribution in [1.29, 1.82) is 0 Å². The van der Waals surface area contributed by atoms with Crippen LogP contribution in [0.4, 0.5) is 0 Å². The summed E-state index contributed by atoms with van der Waals surface area (Å²) in [4.78, 5) is 34.2. The minimum Gasteiger partial charge on any atom is -0.507 e. The summed E-state index contributed by atoms with van der Waals surface area (Å²) in [5, 5.41) is 11.2. The molecule has 34 heavy (non-hydrogen) atoms. The molecule has 0 saturated carbocycles. The highest BCUT2D eigenvalue weighted by atomic mass is 16.5. The highest BCUT2D eigenvalue weighted by molar-refractivity contribution is 6.46. The van der Waals surface area contributed by atoms with Gasteiger partial charge in [-0.05, 0) is 48.7 Å². The summed E-state index contributed by atoms with van der Waals surface area (Å²) in [7, 11) is 0. The molecule has 1 atom stereocenters. The third-order valence-electron chi connectivity index (χ3n) is 6.12. The quantitative estimate of drug-likeness (QED) is 0.346. The highest BCUT2D eigenvalue weighted by Crippen LogP contribution is 2.39. The van der Waals surface area contributed by atoms with Gasteiger partial charge in [0.25, 0.3) is 11.7 Å². The molecule has 0 aliphatic carbocycles. The molecule has 1 amide bonds. The predicted octanol–water partition coefficient (Wildman–Crippen LogP) is 3.01. The van der Waals surface area contributed by atoms with Gasteiger partial charge in [0.05, 0.1) is 31.4 Å². The minimum absolute atomic E-state index is 0.0894. The van der Waals surface area contributed by atoms with Crippen molar-refractivity contribution in [2.24, 2.45) is 0 Å². The van der Waals surface area contributed by atoms with Crippen LogP contribution in [0.2, 0.25) is 0 Å². The van der Waals surface area contributed by atoms with E-state index in [2.05, 4.69) is 9.88 Å². The van der Waals surface area contributed by atoms with Gasteiger partial charge in [-0.3, -0.25) is 19.5 Å². The van der Waals surface area contributed by atoms with Crippen LogP contribution >= 0.6 is 0 Å². The van der Waals surface area contributed by atoms with E-state index < -0.39 is 17.7 Å². The molecule has 0 bridgehead atoms. The molecule has 2 aliphatic rings. The Bertz CT molecular complexity index is 1020. The molecule has 4 rings (SSSR count). The summed E-state index contributed by atoms with van der Waals surface area (Å²) in [5.74, 6) is -0.778. The average Bonchev–Trinajstić information content (AvgIpc) is 3.13. The van der Waals surface area contributed by atoms with Crippen LogP contribution in [0.25, 0.3) is 5.76 Å². The van der Waals surface area contributed by atoms with Gasteiger partial charge in [0, 0.05) is 44.1 Å². The third kappa shape index (κ3) is 5.29. The molecule has 2 fully saturated rings. The number of carbonyl (C=O) groups is 2. The number of Topliss-reactive ketones (excluding diaryl/α,β-unsaturated/α-hetero) is 1. The Morgan fingerprint density at radius 1 is 1.15 bits per heavy atom. The number of ether oxygens (including phenoxy) is 2. The van der Waals surface area contributed by atoms with Crippen LogP contribution in [0.1, 0.15) is 36.9 Å². The fraction of sp³-hybridized carbons (Fsp3) is 0.423. The lowest BCUT2D eigenvalue weighted by Crippen LogP contribution is -2.39. The molecule has 0 spiro atoms. The van der Waals surface area contributed by atoms with Crippen LogP contribution < -0.4 is 4.74 Å². The first-order valence-electron chi connectivity index (χ1n) is 11.8. The van der Waals surface area contributed by atoms with Crippen LogP contribution in [0, 0.1) is 0 Å². The molecular weight excluding hydrogens is 434 g/mol. The second-order valence-corrected chi connectivity index (χ2v) is 8.46. The van der Waals surface area contributed by atoms with Crippen LogP contribution in [0.3, 0.4) is 0 Å². The van der Waals surface area contributed by atoms with E-state index >= 15 is 0 Å². The molecule has 2 aromatic rings. The number of likely N-dealkylation sites (tertiary alicyclic amines) is 1. The van der Waals surface area contributed by atoms with E-state index in [0.717, 1.165) is 26.1 Å². The highest BCUT2D eigenvalue weighted by Gasteiger charge is 2.45. The molecular formula is C26H31N3O5. The number of hydrogen-bond acceptors (Lipinski definition) is 7. The zero-order valence-electron chi connectivity index (χ0n) is 19.5. The van der Waals surface area contributed by atoms with E-state index in [1.54, 1.807) is 47.6 Å². The van der Waals surface area contributed by atoms with Crippen molar-refractivity contribution < 1.29 is 24.2 Å². The average molecular weight is 466 g/mol. The summed E-state index contributed by atoms with van der Waals surface area (Å²) < 4.78 is 11.0. The molecule has 180 valence electrons. The maximum atomic E-state index is 13.1. The molecule has 1 aromatic carbocycles. The smallest absolute Gasteiger partial charge is 0.295 e. The number of morpholine rings is 1. The van der Waals surface area contributed by atoms with Crippen molar-refractivity contribution in [3.63, 3.8) is 0 Å². The Hall–Kier alpha value is -3.23. The van der Waals surface area contributed by atoms with Crippen molar-refractivity contribution >= 4 is 17.4 Å². The Morgan fingerprint density at radius 2 is 1.91 bits per heavy atom. The summed E-state index contributed by atoms with van der Waals surface area (Å²) in [6, 6.07) is 9.81. The monoisotopic (exact) mass is 465 g/mol. The maximum Gasteiger partial charge on any atom is 0.295 e. The van der Waals surface area contributed by atoms with E-state index in [1.165, 1.54) is 0 Å². The molecule has 3 heterocycles. The predicted molar refractivity (Wildman–Crippen MR) is 127 cm³/mol. The van der Waals surface area contributed by atoms with E-state index in [1.807, 2.05) is 13.0 Å². The number of hydrogen-bond donors (Lipinski definition) is 1. The number of aliphatic hydroxyl groups is 1. The zero-order valence-corrected chi connectivity index (χ0v) is 19.5. The van der Waals surface area contributed by atoms with Crippen molar-refractivity contribution in [1.82, 2.24) is 14.8 Å². The second-order valence-electron chi connectivity index (χ2n) is 8.46. The largest absolute Gasteiger partial charge is 0.507 e. The van der Waals surface area contributed by atoms with Crippen LogP contribution in [-0.4, -0.2) is 77.6 Å². The van der Waals surface area contributed by atoms with E-state index in [-0.39, 0.29) is 11.3 Å². The Morgan fingerprint density at radius 3 is 2.59 bits per heavy atom. The molecule has 1 aromatic heterocycles. The standard InChI is InChI=1S/C26H31N3O5/c1-2-15-34-21-8-6-19(7-9-21)24(30)22-23(20-5-3-10-27-18-20)29(26(32)25(22)31)12-4-11-28-13-16-33-17-14-28/h3,5-10,18,23,30H,2,4,11-17H2,1H3/b24-22+/t23-/m0/s1. The van der Waals surface area contributed by atoms with Crippen molar-refractivity contribution in [3.8, 4) is 5.75 Å². The molecule has 0 radical (unpaired) electrons. The fourth-order valence-corrected chi connectivity index (χ4v) is 4.37. The lowest BCUT2D eigenvalue weighted by atomic mass is 9.96. The number of aromatic nitrogens is 1. The van der Waals surface area contributed by atoms with Crippen LogP contribution in [-0.2, 0) is 14.3 Å². The van der Waals surface area contributed by atoms with Gasteiger partial charge in [-0.15, -0.1) is 0 Å². The summed E-state index contributed by atoms with van der Waals surface area (Å²) in [5.41, 5.74) is 1.24. The SMILES string of the molecule is CCCOc1ccc(/C(O)=C2\C(=O)C(=O)N(CCCN3CCOCC3)[C@H]2c2cccnc2)cc1. The number of ketones is 1. The number of nitrogens with zero attached hydrogens (tertiary/aromatic N) is 3. The second kappa shape index (κ2) is 11.3. The first-order chi connectivity index (χ1) is 16.6. The molecule has 1 N–H and O–H groups in total. The van der Waals surface area contributed by atoms with Crippen LogP contribution in [0.15, 0.2) is 54.4 Å². The number of amides is 1. The number of rotatable bonds is 9. The van der Waals surface area contributed by atoms with Crippen molar-refractivity contribution in [2.45, 2.75) is 25.8 Å². The van der Waals surface area contributed by atoms with Gasteiger partial charge >= 0.3 is 0 Å².